The number of ether oxygens (including phenoxy) is 2. The van der Waals surface area contributed by atoms with E-state index >= 15 is 0 Å². The van der Waals surface area contributed by atoms with Crippen LogP contribution >= 0.6 is 0 Å². The summed E-state index contributed by atoms with van der Waals surface area (Å²) in [4.78, 5) is 0. The van der Waals surface area contributed by atoms with Crippen LogP contribution in [0, 0.1) is 6.92 Å². The molecule has 17 heavy (non-hydrogen) atoms. The Kier molecular flexibility index (Phi) is 6.86. The summed E-state index contributed by atoms with van der Waals surface area (Å²) in [5.74, 6) is 0. The highest BCUT2D eigenvalue weighted by Crippen LogP contribution is 2.12. The van der Waals surface area contributed by atoms with E-state index in [1.807, 2.05) is 0 Å². The van der Waals surface area contributed by atoms with Crippen LogP contribution < -0.4 is 5.32 Å². The summed E-state index contributed by atoms with van der Waals surface area (Å²) >= 11 is 0. The van der Waals surface area contributed by atoms with Gasteiger partial charge in [0.2, 0.25) is 0 Å². The largest absolute Gasteiger partial charge is 0.382 e. The smallest absolute Gasteiger partial charge is 0.0700 e. The van der Waals surface area contributed by atoms with E-state index in [2.05, 4.69) is 43.4 Å². The summed E-state index contributed by atoms with van der Waals surface area (Å²) in [6, 6.07) is 8.98. The van der Waals surface area contributed by atoms with Gasteiger partial charge in [0.15, 0.2) is 0 Å². The summed E-state index contributed by atoms with van der Waals surface area (Å²) < 4.78 is 10.3. The fraction of sp³-hybridized carbons (Fsp3) is 0.571. The van der Waals surface area contributed by atoms with Gasteiger partial charge in [-0.05, 0) is 19.4 Å². The van der Waals surface area contributed by atoms with Crippen molar-refractivity contribution < 1.29 is 9.47 Å². The molecule has 96 valence electrons. The molecule has 3 heteroatoms. The van der Waals surface area contributed by atoms with E-state index in [4.69, 9.17) is 9.47 Å². The number of methoxy groups -OCH3 is 1. The lowest BCUT2D eigenvalue weighted by Crippen LogP contribution is -2.23. The summed E-state index contributed by atoms with van der Waals surface area (Å²) in [7, 11) is 1.68. The summed E-state index contributed by atoms with van der Waals surface area (Å²) in [6.45, 7) is 7.17. The van der Waals surface area contributed by atoms with Gasteiger partial charge in [-0.15, -0.1) is 0 Å². The highest BCUT2D eigenvalue weighted by Gasteiger charge is 2.03. The van der Waals surface area contributed by atoms with Gasteiger partial charge >= 0.3 is 0 Å². The minimum Gasteiger partial charge on any atom is -0.382 e. The quantitative estimate of drug-likeness (QED) is 0.704. The monoisotopic (exact) mass is 237 g/mol. The molecule has 1 rings (SSSR count). The maximum absolute atomic E-state index is 5.39. The molecule has 0 aromatic heterocycles. The molecule has 0 aliphatic heterocycles. The molecular weight excluding hydrogens is 214 g/mol. The summed E-state index contributed by atoms with van der Waals surface area (Å²) in [6.07, 6.45) is 0. The van der Waals surface area contributed by atoms with Crippen molar-refractivity contribution in [2.45, 2.75) is 19.9 Å². The molecule has 1 aromatic rings. The third kappa shape index (κ3) is 5.82. The Labute approximate surface area is 104 Å². The zero-order valence-corrected chi connectivity index (χ0v) is 11.0. The molecule has 0 saturated carbocycles. The van der Waals surface area contributed by atoms with Crippen LogP contribution in [-0.2, 0) is 9.47 Å². The number of hydrogen-bond donors (Lipinski definition) is 1. The van der Waals surface area contributed by atoms with E-state index in [0.717, 1.165) is 13.2 Å². The molecule has 0 radical (unpaired) electrons. The lowest BCUT2D eigenvalue weighted by molar-refractivity contribution is 0.0712. The van der Waals surface area contributed by atoms with Gasteiger partial charge in [-0.25, -0.2) is 0 Å². The maximum atomic E-state index is 5.39. The van der Waals surface area contributed by atoms with Crippen molar-refractivity contribution in [3.05, 3.63) is 35.4 Å². The fourth-order valence-electron chi connectivity index (χ4n) is 1.56. The molecule has 0 bridgehead atoms. The van der Waals surface area contributed by atoms with Crippen LogP contribution in [0.15, 0.2) is 24.3 Å². The standard InChI is InChI=1S/C14H23NO2/c1-12-4-6-14(7-5-12)13(2)15-8-9-17-11-10-16-3/h4-7,13,15H,8-11H2,1-3H3/t13-/m1/s1. The molecule has 0 spiro atoms. The van der Waals surface area contributed by atoms with Crippen molar-refractivity contribution >= 4 is 0 Å². The molecule has 0 amide bonds. The van der Waals surface area contributed by atoms with E-state index in [0.29, 0.717) is 19.3 Å². The topological polar surface area (TPSA) is 30.5 Å². The molecule has 0 aliphatic rings. The van der Waals surface area contributed by atoms with Crippen molar-refractivity contribution in [3.63, 3.8) is 0 Å². The molecule has 3 nitrogen and oxygen atoms in total. The Morgan fingerprint density at radius 2 is 1.82 bits per heavy atom. The Balaban J connectivity index is 2.16. The van der Waals surface area contributed by atoms with Crippen molar-refractivity contribution in [1.82, 2.24) is 5.32 Å². The number of hydrogen-bond acceptors (Lipinski definition) is 3. The number of benzene rings is 1. The molecular formula is C14H23NO2. The van der Waals surface area contributed by atoms with E-state index in [-0.39, 0.29) is 0 Å². The minimum atomic E-state index is 0.363. The highest BCUT2D eigenvalue weighted by molar-refractivity contribution is 5.23. The first-order valence-electron chi connectivity index (χ1n) is 6.10. The zero-order valence-electron chi connectivity index (χ0n) is 11.0. The second-order valence-corrected chi connectivity index (χ2v) is 4.19. The number of rotatable bonds is 8. The molecule has 1 atom stereocenters. The van der Waals surface area contributed by atoms with Crippen LogP contribution in [0.2, 0.25) is 0 Å². The van der Waals surface area contributed by atoms with Crippen molar-refractivity contribution in [3.8, 4) is 0 Å². The zero-order chi connectivity index (χ0) is 12.5. The first kappa shape index (κ1) is 14.2. The second kappa shape index (κ2) is 8.23. The Hall–Kier alpha value is -0.900. The molecule has 1 N–H and O–H groups in total. The molecule has 0 saturated heterocycles. The van der Waals surface area contributed by atoms with Crippen molar-refractivity contribution in [1.29, 1.82) is 0 Å². The average Bonchev–Trinajstić information content (AvgIpc) is 2.34. The van der Waals surface area contributed by atoms with Gasteiger partial charge in [0.05, 0.1) is 19.8 Å². The van der Waals surface area contributed by atoms with Crippen LogP contribution in [0.4, 0.5) is 0 Å². The first-order valence-corrected chi connectivity index (χ1v) is 6.10. The van der Waals surface area contributed by atoms with Crippen LogP contribution in [-0.4, -0.2) is 33.5 Å². The van der Waals surface area contributed by atoms with Crippen LogP contribution in [0.3, 0.4) is 0 Å². The predicted molar refractivity (Wildman–Crippen MR) is 70.3 cm³/mol. The fourth-order valence-corrected chi connectivity index (χ4v) is 1.56. The molecule has 0 aliphatic carbocycles. The van der Waals surface area contributed by atoms with E-state index in [1.165, 1.54) is 11.1 Å². The van der Waals surface area contributed by atoms with Gasteiger partial charge < -0.3 is 14.8 Å². The number of nitrogens with one attached hydrogen (secondary N) is 1. The predicted octanol–water partition coefficient (Wildman–Crippen LogP) is 2.31. The van der Waals surface area contributed by atoms with Crippen LogP contribution in [0.25, 0.3) is 0 Å². The van der Waals surface area contributed by atoms with Crippen LogP contribution in [0.1, 0.15) is 24.1 Å². The van der Waals surface area contributed by atoms with Gasteiger partial charge in [-0.3, -0.25) is 0 Å². The highest BCUT2D eigenvalue weighted by atomic mass is 16.5. The average molecular weight is 237 g/mol. The maximum Gasteiger partial charge on any atom is 0.0700 e. The summed E-state index contributed by atoms with van der Waals surface area (Å²) in [5.41, 5.74) is 2.61. The Bertz CT molecular complexity index is 298. The Morgan fingerprint density at radius 1 is 1.12 bits per heavy atom. The first-order chi connectivity index (χ1) is 8.24. The second-order valence-electron chi connectivity index (χ2n) is 4.19. The molecule has 0 heterocycles. The number of aryl methyl sites for hydroxylation is 1. The SMILES string of the molecule is COCCOCCN[C@H](C)c1ccc(C)cc1. The van der Waals surface area contributed by atoms with Crippen molar-refractivity contribution in [2.75, 3.05) is 33.5 Å². The third-order valence-corrected chi connectivity index (χ3v) is 2.71. The van der Waals surface area contributed by atoms with Gasteiger partial charge in [0.25, 0.3) is 0 Å². The van der Waals surface area contributed by atoms with E-state index in [1.54, 1.807) is 7.11 Å². The lowest BCUT2D eigenvalue weighted by atomic mass is 10.1. The van der Waals surface area contributed by atoms with Crippen molar-refractivity contribution in [2.24, 2.45) is 0 Å². The van der Waals surface area contributed by atoms with Gasteiger partial charge in [0, 0.05) is 19.7 Å². The van der Waals surface area contributed by atoms with E-state index < -0.39 is 0 Å². The molecule has 1 aromatic carbocycles. The van der Waals surface area contributed by atoms with Gasteiger partial charge in [-0.2, -0.15) is 0 Å². The molecule has 0 unspecified atom stereocenters. The Morgan fingerprint density at radius 3 is 2.47 bits per heavy atom. The molecule has 0 fully saturated rings. The van der Waals surface area contributed by atoms with Crippen LogP contribution in [0.5, 0.6) is 0 Å². The third-order valence-electron chi connectivity index (χ3n) is 2.71. The van der Waals surface area contributed by atoms with Gasteiger partial charge in [-0.1, -0.05) is 29.8 Å². The minimum absolute atomic E-state index is 0.363. The van der Waals surface area contributed by atoms with Gasteiger partial charge in [0.1, 0.15) is 0 Å². The van der Waals surface area contributed by atoms with E-state index in [9.17, 15) is 0 Å². The summed E-state index contributed by atoms with van der Waals surface area (Å²) in [5, 5.41) is 3.43. The lowest BCUT2D eigenvalue weighted by Gasteiger charge is -2.14. The normalized spacial score (nSPS) is 12.6.